The average Bonchev–Trinajstić information content (AvgIpc) is 2.99. The van der Waals surface area contributed by atoms with Crippen LogP contribution in [0.15, 0.2) is 0 Å². The molecule has 0 aromatic heterocycles. The van der Waals surface area contributed by atoms with Crippen molar-refractivity contribution < 1.29 is 19.4 Å². The fraction of sp³-hybridized carbons (Fsp3) is 0.857. The van der Waals surface area contributed by atoms with Gasteiger partial charge in [0.25, 0.3) is 0 Å². The summed E-state index contributed by atoms with van der Waals surface area (Å²) in [7, 11) is 1.61. The minimum Gasteiger partial charge on any atom is -0.481 e. The summed E-state index contributed by atoms with van der Waals surface area (Å²) in [6.07, 6.45) is 4.18. The highest BCUT2D eigenvalue weighted by molar-refractivity contribution is 5.83. The summed E-state index contributed by atoms with van der Waals surface area (Å²) < 4.78 is 4.93. The number of rotatable bonds is 7. The maximum Gasteiger partial charge on any atom is 0.308 e. The lowest BCUT2D eigenvalue weighted by Gasteiger charge is -2.29. The van der Waals surface area contributed by atoms with E-state index in [0.29, 0.717) is 18.9 Å². The van der Waals surface area contributed by atoms with Gasteiger partial charge in [-0.2, -0.15) is 0 Å². The van der Waals surface area contributed by atoms with E-state index in [2.05, 4.69) is 5.32 Å². The van der Waals surface area contributed by atoms with Crippen LogP contribution in [0.5, 0.6) is 0 Å². The highest BCUT2D eigenvalue weighted by Crippen LogP contribution is 2.48. The number of methoxy groups -OCH3 is 1. The number of ether oxygens (including phenoxy) is 1. The van der Waals surface area contributed by atoms with Crippen LogP contribution in [-0.2, 0) is 14.3 Å². The summed E-state index contributed by atoms with van der Waals surface area (Å²) in [5, 5.41) is 12.2. The van der Waals surface area contributed by atoms with Crippen LogP contribution in [0.25, 0.3) is 0 Å². The number of hydrogen-bond donors (Lipinski definition) is 3. The van der Waals surface area contributed by atoms with Crippen LogP contribution in [0.4, 0.5) is 0 Å². The third kappa shape index (κ3) is 3.12. The number of carboxylic acid groups (broad SMARTS) is 1. The zero-order valence-electron chi connectivity index (χ0n) is 11.9. The Labute approximate surface area is 119 Å². The van der Waals surface area contributed by atoms with Gasteiger partial charge >= 0.3 is 5.97 Å². The van der Waals surface area contributed by atoms with Gasteiger partial charge in [-0.15, -0.1) is 0 Å². The Bertz CT molecular complexity index is 374. The number of carboxylic acids is 1. The SMILES string of the molecule is COCCCC(N)C(=O)NC1C2CCC(C2)C1C(=O)O. The molecule has 0 saturated heterocycles. The summed E-state index contributed by atoms with van der Waals surface area (Å²) in [4.78, 5) is 23.4. The van der Waals surface area contributed by atoms with E-state index in [9.17, 15) is 14.7 Å². The molecule has 0 spiro atoms. The molecule has 5 atom stereocenters. The van der Waals surface area contributed by atoms with Crippen molar-refractivity contribution in [2.45, 2.75) is 44.2 Å². The van der Waals surface area contributed by atoms with Crippen molar-refractivity contribution in [3.05, 3.63) is 0 Å². The molecule has 5 unspecified atom stereocenters. The molecule has 6 nitrogen and oxygen atoms in total. The van der Waals surface area contributed by atoms with E-state index in [1.54, 1.807) is 7.11 Å². The third-order valence-electron chi connectivity index (χ3n) is 4.71. The van der Waals surface area contributed by atoms with Gasteiger partial charge in [-0.1, -0.05) is 0 Å². The number of aliphatic carboxylic acids is 1. The first-order valence-electron chi connectivity index (χ1n) is 7.32. The van der Waals surface area contributed by atoms with Gasteiger partial charge in [0.15, 0.2) is 0 Å². The van der Waals surface area contributed by atoms with Crippen molar-refractivity contribution >= 4 is 11.9 Å². The van der Waals surface area contributed by atoms with Crippen molar-refractivity contribution in [1.82, 2.24) is 5.32 Å². The van der Waals surface area contributed by atoms with E-state index in [1.807, 2.05) is 0 Å². The van der Waals surface area contributed by atoms with E-state index < -0.39 is 17.9 Å². The monoisotopic (exact) mass is 284 g/mol. The van der Waals surface area contributed by atoms with Crippen LogP contribution < -0.4 is 11.1 Å². The summed E-state index contributed by atoms with van der Waals surface area (Å²) in [5.41, 5.74) is 5.84. The van der Waals surface area contributed by atoms with Gasteiger partial charge in [-0.3, -0.25) is 9.59 Å². The molecule has 0 aromatic carbocycles. The second-order valence-corrected chi connectivity index (χ2v) is 5.97. The molecule has 2 aliphatic rings. The molecular weight excluding hydrogens is 260 g/mol. The number of amides is 1. The number of hydrogen-bond acceptors (Lipinski definition) is 4. The lowest BCUT2D eigenvalue weighted by molar-refractivity contribution is -0.144. The van der Waals surface area contributed by atoms with Crippen LogP contribution in [0.2, 0.25) is 0 Å². The molecule has 4 N–H and O–H groups in total. The van der Waals surface area contributed by atoms with Crippen molar-refractivity contribution in [2.24, 2.45) is 23.5 Å². The Balaban J connectivity index is 1.88. The molecule has 0 radical (unpaired) electrons. The zero-order chi connectivity index (χ0) is 14.7. The molecule has 2 fully saturated rings. The lowest BCUT2D eigenvalue weighted by atomic mass is 9.84. The summed E-state index contributed by atoms with van der Waals surface area (Å²) in [5.74, 6) is -0.951. The Morgan fingerprint density at radius 3 is 2.75 bits per heavy atom. The number of nitrogens with two attached hydrogens (primary N) is 1. The topological polar surface area (TPSA) is 102 Å². The molecule has 20 heavy (non-hydrogen) atoms. The standard InChI is InChI=1S/C14H24N2O4/c1-20-6-2-3-10(15)13(17)16-12-9-5-4-8(7-9)11(12)14(18)19/h8-12H,2-7,15H2,1H3,(H,16,17)(H,18,19). The predicted molar refractivity (Wildman–Crippen MR) is 73.0 cm³/mol. The fourth-order valence-corrected chi connectivity index (χ4v) is 3.70. The van der Waals surface area contributed by atoms with Crippen molar-refractivity contribution in [2.75, 3.05) is 13.7 Å². The Morgan fingerprint density at radius 2 is 2.10 bits per heavy atom. The van der Waals surface area contributed by atoms with Crippen molar-refractivity contribution in [3.8, 4) is 0 Å². The number of carbonyl (C=O) groups excluding carboxylic acids is 1. The summed E-state index contributed by atoms with van der Waals surface area (Å²) in [6, 6.07) is -0.828. The fourth-order valence-electron chi connectivity index (χ4n) is 3.70. The molecule has 1 amide bonds. The molecule has 2 bridgehead atoms. The average molecular weight is 284 g/mol. The first-order chi connectivity index (χ1) is 9.54. The van der Waals surface area contributed by atoms with Gasteiger partial charge in [-0.25, -0.2) is 0 Å². The van der Waals surface area contributed by atoms with Crippen molar-refractivity contribution in [3.63, 3.8) is 0 Å². The van der Waals surface area contributed by atoms with Gasteiger partial charge in [0.1, 0.15) is 0 Å². The quantitative estimate of drug-likeness (QED) is 0.586. The third-order valence-corrected chi connectivity index (χ3v) is 4.71. The van der Waals surface area contributed by atoms with Crippen LogP contribution in [0.1, 0.15) is 32.1 Å². The van der Waals surface area contributed by atoms with Gasteiger partial charge in [0.05, 0.1) is 12.0 Å². The first kappa shape index (κ1) is 15.3. The zero-order valence-corrected chi connectivity index (χ0v) is 11.9. The van der Waals surface area contributed by atoms with E-state index in [-0.39, 0.29) is 17.9 Å². The second kappa shape index (κ2) is 6.54. The summed E-state index contributed by atoms with van der Waals surface area (Å²) in [6.45, 7) is 0.576. The molecule has 114 valence electrons. The Morgan fingerprint density at radius 1 is 1.40 bits per heavy atom. The normalized spacial score (nSPS) is 33.1. The second-order valence-electron chi connectivity index (χ2n) is 5.97. The van der Waals surface area contributed by atoms with E-state index >= 15 is 0 Å². The number of fused-ring (bicyclic) bond motifs is 2. The highest BCUT2D eigenvalue weighted by Gasteiger charge is 2.51. The number of nitrogens with one attached hydrogen (secondary N) is 1. The molecule has 0 aliphatic heterocycles. The molecular formula is C14H24N2O4. The van der Waals surface area contributed by atoms with Crippen molar-refractivity contribution in [1.29, 1.82) is 0 Å². The minimum absolute atomic E-state index is 0.215. The molecule has 2 rings (SSSR count). The molecule has 2 aliphatic carbocycles. The molecule has 0 heterocycles. The van der Waals surface area contributed by atoms with Crippen LogP contribution in [0.3, 0.4) is 0 Å². The minimum atomic E-state index is -0.796. The predicted octanol–water partition coefficient (Wildman–Crippen LogP) is 0.356. The number of carbonyl (C=O) groups is 2. The molecule has 6 heteroatoms. The summed E-state index contributed by atoms with van der Waals surface area (Å²) >= 11 is 0. The lowest BCUT2D eigenvalue weighted by Crippen LogP contribution is -2.51. The van der Waals surface area contributed by atoms with Gasteiger partial charge < -0.3 is 20.9 Å². The van der Waals surface area contributed by atoms with E-state index in [4.69, 9.17) is 10.5 Å². The smallest absolute Gasteiger partial charge is 0.308 e. The van der Waals surface area contributed by atoms with Crippen LogP contribution in [0, 0.1) is 17.8 Å². The first-order valence-corrected chi connectivity index (χ1v) is 7.32. The van der Waals surface area contributed by atoms with Gasteiger partial charge in [0.2, 0.25) is 5.91 Å². The Kier molecular flexibility index (Phi) is 4.99. The maximum absolute atomic E-state index is 12.1. The molecule has 2 saturated carbocycles. The largest absolute Gasteiger partial charge is 0.481 e. The van der Waals surface area contributed by atoms with Gasteiger partial charge in [-0.05, 0) is 43.9 Å². The highest BCUT2D eigenvalue weighted by atomic mass is 16.5. The maximum atomic E-state index is 12.1. The van der Waals surface area contributed by atoms with E-state index in [1.165, 1.54) is 0 Å². The van der Waals surface area contributed by atoms with Crippen LogP contribution in [-0.4, -0.2) is 42.8 Å². The molecule has 0 aromatic rings. The Hall–Kier alpha value is -1.14. The van der Waals surface area contributed by atoms with E-state index in [0.717, 1.165) is 25.7 Å². The van der Waals surface area contributed by atoms with Gasteiger partial charge in [0, 0.05) is 19.8 Å². The van der Waals surface area contributed by atoms with Crippen LogP contribution >= 0.6 is 0 Å².